The molecule has 1 radical (unpaired) electrons. The van der Waals surface area contributed by atoms with E-state index in [0.29, 0.717) is 11.5 Å². The molecule has 0 N–H and O–H groups in total. The Morgan fingerprint density at radius 1 is 0.818 bits per heavy atom. The van der Waals surface area contributed by atoms with E-state index >= 15 is 0 Å². The van der Waals surface area contributed by atoms with Gasteiger partial charge in [0.1, 0.15) is 11.5 Å². The second kappa shape index (κ2) is 7.41. The minimum atomic E-state index is -0.329. The van der Waals surface area contributed by atoms with E-state index < -0.39 is 0 Å². The molecule has 4 heteroatoms. The predicted octanol–water partition coefficient (Wildman–Crippen LogP) is 3.33. The lowest BCUT2D eigenvalue weighted by Crippen LogP contribution is -2.01. The molecule has 0 saturated carbocycles. The molecule has 0 amide bonds. The van der Waals surface area contributed by atoms with Crippen molar-refractivity contribution in [2.75, 3.05) is 0 Å². The molecule has 0 bridgehead atoms. The van der Waals surface area contributed by atoms with Crippen molar-refractivity contribution in [2.24, 2.45) is 0 Å². The van der Waals surface area contributed by atoms with Gasteiger partial charge in [0.05, 0.1) is 0 Å². The summed E-state index contributed by atoms with van der Waals surface area (Å²) in [4.78, 5) is 21.7. The Labute approximate surface area is 129 Å². The van der Waals surface area contributed by atoms with Gasteiger partial charge in [-0.3, -0.25) is 9.59 Å². The molecule has 4 nitrogen and oxygen atoms in total. The van der Waals surface area contributed by atoms with Crippen molar-refractivity contribution in [2.45, 2.75) is 20.3 Å². The average Bonchev–Trinajstić information content (AvgIpc) is 2.47. The van der Waals surface area contributed by atoms with Gasteiger partial charge in [-0.1, -0.05) is 24.3 Å². The van der Waals surface area contributed by atoms with Gasteiger partial charge in [-0.2, -0.15) is 0 Å². The number of benzene rings is 2. The highest BCUT2D eigenvalue weighted by atomic mass is 16.5. The summed E-state index contributed by atoms with van der Waals surface area (Å²) in [7, 11) is 0. The molecule has 0 unspecified atom stereocenters. The quantitative estimate of drug-likeness (QED) is 0.627. The van der Waals surface area contributed by atoms with Gasteiger partial charge in [0.15, 0.2) is 0 Å². The maximum absolute atomic E-state index is 10.8. The summed E-state index contributed by atoms with van der Waals surface area (Å²) in [5.74, 6) is 0.425. The van der Waals surface area contributed by atoms with Gasteiger partial charge < -0.3 is 9.47 Å². The first-order valence-corrected chi connectivity index (χ1v) is 6.92. The molecule has 113 valence electrons. The summed E-state index contributed by atoms with van der Waals surface area (Å²) < 4.78 is 9.97. The fourth-order valence-electron chi connectivity index (χ4n) is 1.93. The zero-order valence-electron chi connectivity index (χ0n) is 12.5. The third kappa shape index (κ3) is 5.05. The molecule has 22 heavy (non-hydrogen) atoms. The van der Waals surface area contributed by atoms with Crippen LogP contribution in [-0.2, 0) is 16.0 Å². The van der Waals surface area contributed by atoms with E-state index in [4.69, 9.17) is 9.47 Å². The summed E-state index contributed by atoms with van der Waals surface area (Å²) in [6.45, 7) is 2.75. The van der Waals surface area contributed by atoms with E-state index in [9.17, 15) is 9.59 Å². The summed E-state index contributed by atoms with van der Waals surface area (Å²) in [5, 5.41) is 0. The number of carbonyl (C=O) groups is 2. The molecule has 0 fully saturated rings. The van der Waals surface area contributed by atoms with Gasteiger partial charge >= 0.3 is 11.9 Å². The topological polar surface area (TPSA) is 52.6 Å². The van der Waals surface area contributed by atoms with Gasteiger partial charge in [0.25, 0.3) is 0 Å². The number of carbonyl (C=O) groups excluding carboxylic acids is 2. The molecule has 0 spiro atoms. The molecule has 2 aromatic carbocycles. The zero-order chi connectivity index (χ0) is 15.9. The van der Waals surface area contributed by atoms with Crippen LogP contribution in [0, 0.1) is 6.42 Å². The van der Waals surface area contributed by atoms with Crippen molar-refractivity contribution in [3.8, 4) is 11.5 Å². The number of ether oxygens (including phenoxy) is 2. The lowest BCUT2D eigenvalue weighted by molar-refractivity contribution is -0.132. The second-order valence-corrected chi connectivity index (χ2v) is 4.81. The molecule has 0 heterocycles. The van der Waals surface area contributed by atoms with E-state index in [-0.39, 0.29) is 11.9 Å². The van der Waals surface area contributed by atoms with E-state index in [2.05, 4.69) is 6.42 Å². The summed E-state index contributed by atoms with van der Waals surface area (Å²) >= 11 is 0. The van der Waals surface area contributed by atoms with E-state index in [1.54, 1.807) is 24.3 Å². The smallest absolute Gasteiger partial charge is 0.308 e. The Bertz CT molecular complexity index is 582. The average molecular weight is 297 g/mol. The second-order valence-electron chi connectivity index (χ2n) is 4.81. The van der Waals surface area contributed by atoms with E-state index in [1.165, 1.54) is 13.8 Å². The first kappa shape index (κ1) is 15.8. The molecule has 0 aliphatic carbocycles. The molecular formula is C18H17O4. The predicted molar refractivity (Wildman–Crippen MR) is 82.6 cm³/mol. The Hall–Kier alpha value is -2.62. The van der Waals surface area contributed by atoms with Crippen LogP contribution in [0.15, 0.2) is 48.5 Å². The molecule has 2 rings (SSSR count). The van der Waals surface area contributed by atoms with Crippen molar-refractivity contribution in [1.29, 1.82) is 0 Å². The fraction of sp³-hybridized carbons (Fsp3) is 0.167. The summed E-state index contributed by atoms with van der Waals surface area (Å²) in [6, 6.07) is 14.7. The van der Waals surface area contributed by atoms with Gasteiger partial charge in [0, 0.05) is 13.8 Å². The molecular weight excluding hydrogens is 280 g/mol. The van der Waals surface area contributed by atoms with Crippen molar-refractivity contribution in [1.82, 2.24) is 0 Å². The van der Waals surface area contributed by atoms with Crippen LogP contribution in [0.5, 0.6) is 11.5 Å². The first-order valence-electron chi connectivity index (χ1n) is 6.92. The van der Waals surface area contributed by atoms with Gasteiger partial charge in [-0.05, 0) is 48.2 Å². The Morgan fingerprint density at radius 3 is 1.73 bits per heavy atom. The molecule has 0 saturated heterocycles. The van der Waals surface area contributed by atoms with Crippen LogP contribution in [0.1, 0.15) is 25.0 Å². The highest BCUT2D eigenvalue weighted by Gasteiger charge is 2.01. The van der Waals surface area contributed by atoms with Crippen LogP contribution in [0.3, 0.4) is 0 Å². The summed E-state index contributed by atoms with van der Waals surface area (Å²) in [5.41, 5.74) is 2.15. The minimum absolute atomic E-state index is 0.327. The van der Waals surface area contributed by atoms with Gasteiger partial charge in [0.2, 0.25) is 0 Å². The van der Waals surface area contributed by atoms with Crippen LogP contribution >= 0.6 is 0 Å². The van der Waals surface area contributed by atoms with Crippen molar-refractivity contribution < 1.29 is 19.1 Å². The molecule has 0 atom stereocenters. The Balaban J connectivity index is 1.89. The van der Waals surface area contributed by atoms with Crippen molar-refractivity contribution >= 4 is 11.9 Å². The third-order valence-electron chi connectivity index (χ3n) is 2.90. The van der Waals surface area contributed by atoms with Crippen LogP contribution in [-0.4, -0.2) is 11.9 Å². The van der Waals surface area contributed by atoms with Crippen molar-refractivity contribution in [3.63, 3.8) is 0 Å². The maximum atomic E-state index is 10.8. The monoisotopic (exact) mass is 297 g/mol. The van der Waals surface area contributed by atoms with Gasteiger partial charge in [-0.25, -0.2) is 0 Å². The van der Waals surface area contributed by atoms with Crippen LogP contribution < -0.4 is 9.47 Å². The highest BCUT2D eigenvalue weighted by molar-refractivity contribution is 5.69. The molecule has 0 aliphatic rings. The SMILES string of the molecule is CC(=O)Oc1ccc([CH]Cc2ccc(OC(C)=O)cc2)cc1. The fourth-order valence-corrected chi connectivity index (χ4v) is 1.93. The molecule has 0 aromatic heterocycles. The van der Waals surface area contributed by atoms with E-state index in [1.807, 2.05) is 24.3 Å². The maximum Gasteiger partial charge on any atom is 0.308 e. The normalized spacial score (nSPS) is 10.1. The van der Waals surface area contributed by atoms with Crippen LogP contribution in [0.2, 0.25) is 0 Å². The summed E-state index contributed by atoms with van der Waals surface area (Å²) in [6.07, 6.45) is 2.83. The zero-order valence-corrected chi connectivity index (χ0v) is 12.5. The number of hydrogen-bond acceptors (Lipinski definition) is 4. The Kier molecular flexibility index (Phi) is 5.31. The Morgan fingerprint density at radius 2 is 1.27 bits per heavy atom. The lowest BCUT2D eigenvalue weighted by atomic mass is 10.0. The standard InChI is InChI=1S/C18H17O4/c1-13(19)21-17-9-5-15(6-10-17)3-4-16-7-11-18(12-8-16)22-14(2)20/h3,5-12H,4H2,1-2H3. The third-order valence-corrected chi connectivity index (χ3v) is 2.90. The first-order chi connectivity index (χ1) is 10.5. The number of esters is 2. The van der Waals surface area contributed by atoms with Crippen LogP contribution in [0.25, 0.3) is 0 Å². The highest BCUT2D eigenvalue weighted by Crippen LogP contribution is 2.17. The lowest BCUT2D eigenvalue weighted by Gasteiger charge is -2.05. The minimum Gasteiger partial charge on any atom is -0.427 e. The van der Waals surface area contributed by atoms with E-state index in [0.717, 1.165) is 17.5 Å². The number of rotatable bonds is 5. The van der Waals surface area contributed by atoms with Crippen LogP contribution in [0.4, 0.5) is 0 Å². The largest absolute Gasteiger partial charge is 0.427 e. The molecule has 2 aromatic rings. The molecule has 0 aliphatic heterocycles. The van der Waals surface area contributed by atoms with Crippen molar-refractivity contribution in [3.05, 3.63) is 66.1 Å². The number of hydrogen-bond donors (Lipinski definition) is 0. The van der Waals surface area contributed by atoms with Gasteiger partial charge in [-0.15, -0.1) is 0 Å².